The maximum Gasteiger partial charge on any atom is 0.234 e. The monoisotopic (exact) mass is 355 g/mol. The van der Waals surface area contributed by atoms with Crippen molar-refractivity contribution in [1.82, 2.24) is 9.97 Å². The molecule has 0 unspecified atom stereocenters. The predicted octanol–water partition coefficient (Wildman–Crippen LogP) is 4.23. The van der Waals surface area contributed by atoms with Crippen LogP contribution in [-0.2, 0) is 4.79 Å². The molecule has 25 heavy (non-hydrogen) atoms. The summed E-state index contributed by atoms with van der Waals surface area (Å²) in [5.41, 5.74) is 5.99. The van der Waals surface area contributed by atoms with Crippen LogP contribution in [0.15, 0.2) is 35.5 Å². The minimum absolute atomic E-state index is 0.0434. The van der Waals surface area contributed by atoms with E-state index in [0.29, 0.717) is 5.75 Å². The maximum atomic E-state index is 12.3. The number of imidazole rings is 1. The standard InChI is InChI=1S/C19H21N3O2S/c1-11-7-12(2)18(13(3)8-11)22-17(23)10-25-19-20-15-6-5-14(24-4)9-16(15)21-19/h5-9H,10H2,1-4H3,(H,20,21)(H,22,23). The fourth-order valence-corrected chi connectivity index (χ4v) is 3.53. The molecular weight excluding hydrogens is 334 g/mol. The molecular formula is C19H21N3O2S. The number of amides is 1. The fraction of sp³-hybridized carbons (Fsp3) is 0.263. The van der Waals surface area contributed by atoms with Crippen molar-refractivity contribution in [2.24, 2.45) is 0 Å². The average molecular weight is 355 g/mol. The predicted molar refractivity (Wildman–Crippen MR) is 103 cm³/mol. The van der Waals surface area contributed by atoms with Crippen molar-refractivity contribution in [3.05, 3.63) is 47.0 Å². The van der Waals surface area contributed by atoms with Gasteiger partial charge in [-0.3, -0.25) is 4.79 Å². The van der Waals surface area contributed by atoms with E-state index in [1.54, 1.807) is 7.11 Å². The lowest BCUT2D eigenvalue weighted by Crippen LogP contribution is -2.16. The van der Waals surface area contributed by atoms with Gasteiger partial charge in [-0.1, -0.05) is 29.5 Å². The molecule has 2 N–H and O–H groups in total. The van der Waals surface area contributed by atoms with Crippen molar-refractivity contribution in [2.45, 2.75) is 25.9 Å². The number of H-pyrrole nitrogens is 1. The molecule has 3 aromatic rings. The minimum Gasteiger partial charge on any atom is -0.497 e. The Morgan fingerprint density at radius 2 is 1.92 bits per heavy atom. The number of ether oxygens (including phenoxy) is 1. The number of fused-ring (bicyclic) bond motifs is 1. The number of nitrogens with zero attached hydrogens (tertiary/aromatic N) is 1. The number of anilines is 1. The number of hydrogen-bond acceptors (Lipinski definition) is 4. The van der Waals surface area contributed by atoms with Gasteiger partial charge in [-0.2, -0.15) is 0 Å². The van der Waals surface area contributed by atoms with Gasteiger partial charge in [0.15, 0.2) is 5.16 Å². The number of nitrogens with one attached hydrogen (secondary N) is 2. The first-order valence-electron chi connectivity index (χ1n) is 8.00. The molecule has 0 bridgehead atoms. The van der Waals surface area contributed by atoms with E-state index < -0.39 is 0 Å². The SMILES string of the molecule is COc1ccc2nc(SCC(=O)Nc3c(C)cc(C)cc3C)[nH]c2c1. The molecule has 0 saturated carbocycles. The molecule has 0 aliphatic heterocycles. The van der Waals surface area contributed by atoms with E-state index in [2.05, 4.69) is 34.3 Å². The second-order valence-electron chi connectivity index (χ2n) is 6.04. The quantitative estimate of drug-likeness (QED) is 0.672. The third-order valence-corrected chi connectivity index (χ3v) is 4.82. The lowest BCUT2D eigenvalue weighted by Gasteiger charge is -2.12. The summed E-state index contributed by atoms with van der Waals surface area (Å²) in [7, 11) is 1.63. The van der Waals surface area contributed by atoms with Crippen LogP contribution >= 0.6 is 11.8 Å². The first-order chi connectivity index (χ1) is 12.0. The van der Waals surface area contributed by atoms with Gasteiger partial charge in [-0.25, -0.2) is 4.98 Å². The molecule has 0 spiro atoms. The summed E-state index contributed by atoms with van der Waals surface area (Å²) in [6.07, 6.45) is 0. The number of benzene rings is 2. The van der Waals surface area contributed by atoms with Gasteiger partial charge >= 0.3 is 0 Å². The Morgan fingerprint density at radius 1 is 1.20 bits per heavy atom. The van der Waals surface area contributed by atoms with Crippen LogP contribution < -0.4 is 10.1 Å². The van der Waals surface area contributed by atoms with Crippen molar-refractivity contribution in [1.29, 1.82) is 0 Å². The van der Waals surface area contributed by atoms with E-state index in [1.807, 2.05) is 32.0 Å². The number of rotatable bonds is 5. The van der Waals surface area contributed by atoms with E-state index in [4.69, 9.17) is 4.74 Å². The molecule has 0 aliphatic carbocycles. The van der Waals surface area contributed by atoms with Gasteiger partial charge in [0, 0.05) is 11.8 Å². The number of thioether (sulfide) groups is 1. The summed E-state index contributed by atoms with van der Waals surface area (Å²) in [6.45, 7) is 6.07. The van der Waals surface area contributed by atoms with Crippen LogP contribution in [0, 0.1) is 20.8 Å². The van der Waals surface area contributed by atoms with Gasteiger partial charge in [-0.15, -0.1) is 0 Å². The third-order valence-electron chi connectivity index (χ3n) is 3.95. The highest BCUT2D eigenvalue weighted by molar-refractivity contribution is 7.99. The molecule has 2 aromatic carbocycles. The summed E-state index contributed by atoms with van der Waals surface area (Å²) in [5.74, 6) is 1.03. The number of methoxy groups -OCH3 is 1. The highest BCUT2D eigenvalue weighted by Crippen LogP contribution is 2.25. The van der Waals surface area contributed by atoms with Gasteiger partial charge in [-0.05, 0) is 44.0 Å². The van der Waals surface area contributed by atoms with Crippen LogP contribution in [-0.4, -0.2) is 28.7 Å². The normalized spacial score (nSPS) is 10.9. The summed E-state index contributed by atoms with van der Waals surface area (Å²) in [5, 5.41) is 3.72. The van der Waals surface area contributed by atoms with E-state index in [0.717, 1.165) is 38.8 Å². The zero-order chi connectivity index (χ0) is 18.0. The van der Waals surface area contributed by atoms with Crippen molar-refractivity contribution >= 4 is 34.4 Å². The third kappa shape index (κ3) is 3.96. The van der Waals surface area contributed by atoms with Gasteiger partial charge in [0.25, 0.3) is 0 Å². The average Bonchev–Trinajstić information content (AvgIpc) is 2.98. The summed E-state index contributed by atoms with van der Waals surface area (Å²) < 4.78 is 5.21. The van der Waals surface area contributed by atoms with Crippen LogP contribution in [0.4, 0.5) is 5.69 Å². The fourth-order valence-electron chi connectivity index (χ4n) is 2.85. The maximum absolute atomic E-state index is 12.3. The molecule has 3 rings (SSSR count). The van der Waals surface area contributed by atoms with Gasteiger partial charge in [0.1, 0.15) is 5.75 Å². The van der Waals surface area contributed by atoms with Gasteiger partial charge < -0.3 is 15.0 Å². The van der Waals surface area contributed by atoms with Crippen molar-refractivity contribution in [3.8, 4) is 5.75 Å². The molecule has 1 heterocycles. The van der Waals surface area contributed by atoms with Crippen LogP contribution in [0.1, 0.15) is 16.7 Å². The number of aromatic amines is 1. The molecule has 5 nitrogen and oxygen atoms in total. The van der Waals surface area contributed by atoms with Crippen molar-refractivity contribution in [2.75, 3.05) is 18.2 Å². The van der Waals surface area contributed by atoms with Crippen molar-refractivity contribution in [3.63, 3.8) is 0 Å². The number of carbonyl (C=O) groups is 1. The molecule has 0 aliphatic rings. The van der Waals surface area contributed by atoms with E-state index in [1.165, 1.54) is 17.3 Å². The Kier molecular flexibility index (Phi) is 4.99. The molecule has 130 valence electrons. The van der Waals surface area contributed by atoms with E-state index >= 15 is 0 Å². The van der Waals surface area contributed by atoms with Crippen molar-refractivity contribution < 1.29 is 9.53 Å². The van der Waals surface area contributed by atoms with Gasteiger partial charge in [0.2, 0.25) is 5.91 Å². The number of aryl methyl sites for hydroxylation is 3. The second-order valence-corrected chi connectivity index (χ2v) is 7.00. The van der Waals surface area contributed by atoms with Crippen LogP contribution in [0.25, 0.3) is 11.0 Å². The zero-order valence-corrected chi connectivity index (χ0v) is 15.6. The number of hydrogen-bond donors (Lipinski definition) is 2. The number of carbonyl (C=O) groups excluding carboxylic acids is 1. The largest absolute Gasteiger partial charge is 0.497 e. The summed E-state index contributed by atoms with van der Waals surface area (Å²) >= 11 is 1.38. The molecule has 1 aromatic heterocycles. The first-order valence-corrected chi connectivity index (χ1v) is 8.99. The lowest BCUT2D eigenvalue weighted by atomic mass is 10.1. The summed E-state index contributed by atoms with van der Waals surface area (Å²) in [6, 6.07) is 9.80. The second kappa shape index (κ2) is 7.19. The highest BCUT2D eigenvalue weighted by Gasteiger charge is 2.11. The minimum atomic E-state index is -0.0434. The molecule has 0 atom stereocenters. The molecule has 0 fully saturated rings. The van der Waals surface area contributed by atoms with Gasteiger partial charge in [0.05, 0.1) is 23.9 Å². The summed E-state index contributed by atoms with van der Waals surface area (Å²) in [4.78, 5) is 20.0. The molecule has 6 heteroatoms. The Morgan fingerprint density at radius 3 is 2.60 bits per heavy atom. The highest BCUT2D eigenvalue weighted by atomic mass is 32.2. The van der Waals surface area contributed by atoms with Crippen LogP contribution in [0.2, 0.25) is 0 Å². The van der Waals surface area contributed by atoms with Crippen LogP contribution in [0.5, 0.6) is 5.75 Å². The molecule has 0 saturated heterocycles. The smallest absolute Gasteiger partial charge is 0.234 e. The van der Waals surface area contributed by atoms with Crippen LogP contribution in [0.3, 0.4) is 0 Å². The topological polar surface area (TPSA) is 67.0 Å². The number of aromatic nitrogens is 2. The molecule has 1 amide bonds. The first kappa shape index (κ1) is 17.4. The zero-order valence-electron chi connectivity index (χ0n) is 14.8. The Labute approximate surface area is 151 Å². The Hall–Kier alpha value is -2.47. The lowest BCUT2D eigenvalue weighted by molar-refractivity contribution is -0.113. The van der Waals surface area contributed by atoms with E-state index in [-0.39, 0.29) is 5.91 Å². The Bertz CT molecular complexity index is 911. The molecule has 0 radical (unpaired) electrons. The Balaban J connectivity index is 1.66. The van der Waals surface area contributed by atoms with E-state index in [9.17, 15) is 4.79 Å².